The number of ether oxygens (including phenoxy) is 7. The molecule has 4 heterocycles. The predicted octanol–water partition coefficient (Wildman–Crippen LogP) is -8.44. The summed E-state index contributed by atoms with van der Waals surface area (Å²) in [5, 5.41) is 130. The summed E-state index contributed by atoms with van der Waals surface area (Å²) in [5.74, 6) is -3.75. The molecule has 54 heavy (non-hydrogen) atoms. The molecule has 4 rings (SSSR count). The van der Waals surface area contributed by atoms with E-state index in [1.165, 1.54) is 13.8 Å². The van der Waals surface area contributed by atoms with Crippen molar-refractivity contribution in [1.29, 1.82) is 0 Å². The van der Waals surface area contributed by atoms with Crippen molar-refractivity contribution in [3.05, 3.63) is 0 Å². The SMILES string of the molecule is CC(=O)NC1C(O)[C@H](O[C@@H]2OC(CO[C@]3(NC=O)C[C@@H](O)[C@@H](C)C([C@H](O)[C@H](O)CO)O3)[C@H](O)[C@H](O)C2O)[C@H](CO)O[C@H]1OC1[C@@H](O)[C@H](O)C(CO)O[C@@H]1C. The van der Waals surface area contributed by atoms with E-state index >= 15 is 0 Å². The van der Waals surface area contributed by atoms with E-state index in [1.54, 1.807) is 0 Å². The molecule has 0 bridgehead atoms. The van der Waals surface area contributed by atoms with Gasteiger partial charge in [0.25, 0.3) is 5.91 Å². The Morgan fingerprint density at radius 1 is 0.815 bits per heavy atom. The van der Waals surface area contributed by atoms with Gasteiger partial charge in [-0.2, -0.15) is 0 Å². The van der Waals surface area contributed by atoms with Crippen molar-refractivity contribution in [2.45, 2.75) is 149 Å². The fourth-order valence-corrected chi connectivity index (χ4v) is 6.98. The molecule has 14 N–H and O–H groups in total. The van der Waals surface area contributed by atoms with Gasteiger partial charge < -0.3 is 105 Å². The van der Waals surface area contributed by atoms with Gasteiger partial charge in [-0.05, 0) is 6.92 Å². The molecule has 0 aromatic heterocycles. The summed E-state index contributed by atoms with van der Waals surface area (Å²) < 4.78 is 40.3. The van der Waals surface area contributed by atoms with Crippen LogP contribution in [-0.2, 0) is 42.7 Å². The third-order valence-electron chi connectivity index (χ3n) is 10.2. The van der Waals surface area contributed by atoms with Crippen LogP contribution in [0.25, 0.3) is 0 Å². The lowest BCUT2D eigenvalue weighted by Gasteiger charge is -2.49. The maximum absolute atomic E-state index is 12.2. The van der Waals surface area contributed by atoms with Crippen LogP contribution in [0.3, 0.4) is 0 Å². The van der Waals surface area contributed by atoms with Gasteiger partial charge in [-0.1, -0.05) is 6.92 Å². The normalized spacial score (nSPS) is 47.0. The summed E-state index contributed by atoms with van der Waals surface area (Å²) in [6.45, 7) is 0.923. The predicted molar refractivity (Wildman–Crippen MR) is 171 cm³/mol. The molecule has 0 spiro atoms. The van der Waals surface area contributed by atoms with Crippen molar-refractivity contribution in [3.63, 3.8) is 0 Å². The van der Waals surface area contributed by atoms with Gasteiger partial charge >= 0.3 is 0 Å². The van der Waals surface area contributed by atoms with Crippen molar-refractivity contribution in [2.75, 3.05) is 26.4 Å². The summed E-state index contributed by atoms with van der Waals surface area (Å²) >= 11 is 0. The third kappa shape index (κ3) is 9.64. The van der Waals surface area contributed by atoms with Crippen LogP contribution in [0.5, 0.6) is 0 Å². The van der Waals surface area contributed by atoms with E-state index in [-0.39, 0.29) is 6.41 Å². The number of aliphatic hydroxyl groups excluding tert-OH is 12. The van der Waals surface area contributed by atoms with Gasteiger partial charge in [-0.25, -0.2) is 0 Å². The quantitative estimate of drug-likeness (QED) is 0.0541. The van der Waals surface area contributed by atoms with Gasteiger partial charge in [-0.3, -0.25) is 9.59 Å². The van der Waals surface area contributed by atoms with Crippen LogP contribution in [0.4, 0.5) is 0 Å². The average molecular weight is 791 g/mol. The Kier molecular flexibility index (Phi) is 15.9. The van der Waals surface area contributed by atoms with Crippen LogP contribution < -0.4 is 10.6 Å². The van der Waals surface area contributed by atoms with Crippen molar-refractivity contribution < 1.29 is 104 Å². The van der Waals surface area contributed by atoms with Crippen LogP contribution in [-0.4, -0.2) is 222 Å². The Hall–Kier alpha value is -1.82. The second kappa shape index (κ2) is 19.1. The van der Waals surface area contributed by atoms with Crippen LogP contribution in [0, 0.1) is 5.92 Å². The molecular formula is C31H54N2O21. The first-order valence-electron chi connectivity index (χ1n) is 17.5. The molecule has 23 heteroatoms. The fraction of sp³-hybridized carbons (Fsp3) is 0.935. The molecule has 4 saturated heterocycles. The van der Waals surface area contributed by atoms with Crippen LogP contribution in [0.1, 0.15) is 27.2 Å². The van der Waals surface area contributed by atoms with Gasteiger partial charge in [0.05, 0.1) is 44.7 Å². The van der Waals surface area contributed by atoms with Crippen LogP contribution in [0.2, 0.25) is 0 Å². The van der Waals surface area contributed by atoms with Gasteiger partial charge in [0, 0.05) is 19.3 Å². The van der Waals surface area contributed by atoms with E-state index in [0.29, 0.717) is 0 Å². The summed E-state index contributed by atoms with van der Waals surface area (Å²) in [6, 6.07) is -1.50. The van der Waals surface area contributed by atoms with Crippen molar-refractivity contribution in [2.24, 2.45) is 5.92 Å². The lowest BCUT2D eigenvalue weighted by Crippen LogP contribution is -2.69. The molecule has 0 radical (unpaired) electrons. The fourth-order valence-electron chi connectivity index (χ4n) is 6.98. The number of carbonyl (C=O) groups excluding carboxylic acids is 2. The molecule has 0 aromatic carbocycles. The minimum Gasteiger partial charge on any atom is -0.394 e. The second-order valence-electron chi connectivity index (χ2n) is 14.0. The van der Waals surface area contributed by atoms with Crippen molar-refractivity contribution in [3.8, 4) is 0 Å². The standard InChI is InChI=1S/C31H54N2O21/c1-10-13(39)4-31(32-9-37,54-26(10)19(41)14(40)5-34)48-8-17-21(43)23(45)25(47)30(51-17)53-28-16(7-36)50-29(18(22(28)44)33-12(3)38)52-27-11(2)49-15(6-35)20(42)24(27)46/h9-11,13-30,34-36,39-47H,4-8H2,1-3H3,(H,32,37)(H,33,38)/t10-,11-,13-,14-,15?,16+,17?,18?,19-,20-,21+,22?,23+,24+,25?,26?,27?,28-,29+,30+,31-/m1/s1. The van der Waals surface area contributed by atoms with E-state index < -0.39 is 167 Å². The molecule has 2 amide bonds. The molecule has 23 nitrogen and oxygen atoms in total. The zero-order valence-electron chi connectivity index (χ0n) is 29.7. The number of aliphatic hydroxyl groups is 12. The molecule has 7 unspecified atom stereocenters. The summed E-state index contributed by atoms with van der Waals surface area (Å²) in [5.41, 5.74) is 0. The Morgan fingerprint density at radius 2 is 1.43 bits per heavy atom. The number of hydrogen-bond donors (Lipinski definition) is 14. The zero-order chi connectivity index (χ0) is 40.2. The highest BCUT2D eigenvalue weighted by molar-refractivity contribution is 5.73. The van der Waals surface area contributed by atoms with Crippen molar-refractivity contribution in [1.82, 2.24) is 10.6 Å². The lowest BCUT2D eigenvalue weighted by molar-refractivity contribution is -0.372. The monoisotopic (exact) mass is 790 g/mol. The van der Waals surface area contributed by atoms with Crippen LogP contribution in [0.15, 0.2) is 0 Å². The largest absolute Gasteiger partial charge is 0.394 e. The average Bonchev–Trinajstić information content (AvgIpc) is 3.14. The topological polar surface area (TPSA) is 366 Å². The molecule has 21 atom stereocenters. The van der Waals surface area contributed by atoms with E-state index in [4.69, 9.17) is 33.2 Å². The smallest absolute Gasteiger partial charge is 0.254 e. The Balaban J connectivity index is 1.52. The first-order chi connectivity index (χ1) is 25.4. The number of hydrogen-bond acceptors (Lipinski definition) is 21. The Bertz CT molecular complexity index is 1210. The third-order valence-corrected chi connectivity index (χ3v) is 10.2. The molecule has 0 aromatic rings. The van der Waals surface area contributed by atoms with Crippen LogP contribution >= 0.6 is 0 Å². The molecule has 314 valence electrons. The van der Waals surface area contributed by atoms with E-state index in [0.717, 1.165) is 6.92 Å². The summed E-state index contributed by atoms with van der Waals surface area (Å²) in [7, 11) is 0. The minimum atomic E-state index is -2.21. The number of carbonyl (C=O) groups is 2. The molecule has 0 aliphatic carbocycles. The highest BCUT2D eigenvalue weighted by atomic mass is 16.8. The van der Waals surface area contributed by atoms with E-state index in [2.05, 4.69) is 10.6 Å². The first kappa shape index (κ1) is 44.9. The summed E-state index contributed by atoms with van der Waals surface area (Å²) in [6.07, 6.45) is -29.2. The number of rotatable bonds is 15. The second-order valence-corrected chi connectivity index (χ2v) is 14.0. The molecule has 4 aliphatic rings. The molecule has 4 fully saturated rings. The minimum absolute atomic E-state index is 0.149. The molecule has 0 saturated carbocycles. The Morgan fingerprint density at radius 3 is 2.02 bits per heavy atom. The number of nitrogens with one attached hydrogen (secondary N) is 2. The van der Waals surface area contributed by atoms with E-state index in [9.17, 15) is 70.9 Å². The highest BCUT2D eigenvalue weighted by Gasteiger charge is 2.55. The van der Waals surface area contributed by atoms with Crippen molar-refractivity contribution >= 4 is 12.3 Å². The highest BCUT2D eigenvalue weighted by Crippen LogP contribution is 2.36. The maximum atomic E-state index is 12.2. The van der Waals surface area contributed by atoms with E-state index in [1.807, 2.05) is 0 Å². The Labute approximate surface area is 308 Å². The van der Waals surface area contributed by atoms with Gasteiger partial charge in [0.15, 0.2) is 12.6 Å². The first-order valence-corrected chi connectivity index (χ1v) is 17.5. The van der Waals surface area contributed by atoms with Gasteiger partial charge in [0.1, 0.15) is 85.4 Å². The zero-order valence-corrected chi connectivity index (χ0v) is 29.7. The summed E-state index contributed by atoms with van der Waals surface area (Å²) in [4.78, 5) is 23.8. The lowest BCUT2D eigenvalue weighted by atomic mass is 9.86. The number of amides is 2. The maximum Gasteiger partial charge on any atom is 0.254 e. The molecule has 4 aliphatic heterocycles. The van der Waals surface area contributed by atoms with Gasteiger partial charge in [0.2, 0.25) is 12.3 Å². The molecular weight excluding hydrogens is 736 g/mol. The van der Waals surface area contributed by atoms with Gasteiger partial charge in [-0.15, -0.1) is 0 Å².